The fraction of sp³-hybridized carbons (Fsp3) is 0.400. The Hall–Kier alpha value is -0.830. The summed E-state index contributed by atoms with van der Waals surface area (Å²) < 4.78 is 23.6. The van der Waals surface area contributed by atoms with Crippen molar-refractivity contribution in [3.63, 3.8) is 0 Å². The van der Waals surface area contributed by atoms with Gasteiger partial charge in [0.25, 0.3) is 0 Å². The molecule has 2 aromatic heterocycles. The lowest BCUT2D eigenvalue weighted by atomic mass is 10.3. The number of halogens is 1. The molecule has 2 heterocycles. The highest BCUT2D eigenvalue weighted by molar-refractivity contribution is 7.99. The minimum atomic E-state index is -3.40. The molecule has 0 fully saturated rings. The number of fused-ring (bicyclic) bond motifs is 1. The second-order valence-electron chi connectivity index (χ2n) is 4.15. The van der Waals surface area contributed by atoms with E-state index >= 15 is 0 Å². The Morgan fingerprint density at radius 2 is 2.21 bits per heavy atom. The monoisotopic (exact) mass is 322 g/mol. The predicted octanol–water partition coefficient (Wildman–Crippen LogP) is 1.17. The minimum absolute atomic E-state index is 0. The number of nitrogens with two attached hydrogens (primary N) is 1. The third kappa shape index (κ3) is 4.98. The lowest BCUT2D eigenvalue weighted by Crippen LogP contribution is -2.22. The van der Waals surface area contributed by atoms with E-state index in [9.17, 15) is 8.42 Å². The van der Waals surface area contributed by atoms with Crippen LogP contribution in [-0.4, -0.2) is 34.5 Å². The number of hydrogen-bond acceptors (Lipinski definition) is 5. The topological polar surface area (TPSA) is 90.3 Å². The third-order valence-electron chi connectivity index (χ3n) is 2.26. The number of aromatic nitrogens is 3. The van der Waals surface area contributed by atoms with Gasteiger partial charge in [-0.05, 0) is 18.1 Å². The van der Waals surface area contributed by atoms with Gasteiger partial charge in [-0.1, -0.05) is 6.92 Å². The van der Waals surface area contributed by atoms with Gasteiger partial charge in [-0.25, -0.2) is 23.1 Å². The highest BCUT2D eigenvalue weighted by atomic mass is 35.5. The zero-order valence-electron chi connectivity index (χ0n) is 10.3. The predicted molar refractivity (Wildman–Crippen MR) is 78.1 cm³/mol. The Balaban J connectivity index is 0.00000180. The first-order valence-corrected chi connectivity index (χ1v) is 8.08. The average Bonchev–Trinajstić information content (AvgIpc) is 2.71. The number of primary sulfonamides is 1. The van der Waals surface area contributed by atoms with E-state index in [2.05, 4.69) is 10.1 Å². The van der Waals surface area contributed by atoms with Gasteiger partial charge < -0.3 is 0 Å². The normalized spacial score (nSPS) is 13.2. The molecule has 0 amide bonds. The number of imidazole rings is 1. The van der Waals surface area contributed by atoms with Crippen LogP contribution in [0.15, 0.2) is 29.6 Å². The van der Waals surface area contributed by atoms with Crippen molar-refractivity contribution in [3.05, 3.63) is 24.5 Å². The molecule has 2 rings (SSSR count). The smallest absolute Gasteiger partial charge is 0.209 e. The molecule has 0 aromatic carbocycles. The molecule has 106 valence electrons. The van der Waals surface area contributed by atoms with E-state index in [1.807, 2.05) is 19.1 Å². The zero-order chi connectivity index (χ0) is 13.2. The van der Waals surface area contributed by atoms with E-state index in [0.717, 1.165) is 10.7 Å². The Kier molecular flexibility index (Phi) is 5.60. The lowest BCUT2D eigenvalue weighted by molar-refractivity contribution is 0.585. The third-order valence-corrected chi connectivity index (χ3v) is 4.55. The maximum absolute atomic E-state index is 10.9. The zero-order valence-corrected chi connectivity index (χ0v) is 12.7. The van der Waals surface area contributed by atoms with Gasteiger partial charge in [-0.2, -0.15) is 5.10 Å². The molecule has 2 aromatic rings. The molecule has 0 aliphatic rings. The maximum atomic E-state index is 10.9. The Bertz CT molecular complexity index is 644. The van der Waals surface area contributed by atoms with Gasteiger partial charge in [-0.15, -0.1) is 24.2 Å². The summed E-state index contributed by atoms with van der Waals surface area (Å²) >= 11 is 1.51. The molecule has 0 radical (unpaired) electrons. The molecule has 6 nitrogen and oxygen atoms in total. The summed E-state index contributed by atoms with van der Waals surface area (Å²) in [6.45, 7) is 1.85. The SMILES string of the molecule is CC(CSc1ccc2nccn2n1)CS(N)(=O)=O.Cl. The number of nitrogens with zero attached hydrogens (tertiary/aromatic N) is 3. The van der Waals surface area contributed by atoms with Crippen LogP contribution in [0.2, 0.25) is 0 Å². The van der Waals surface area contributed by atoms with E-state index in [1.54, 1.807) is 16.9 Å². The van der Waals surface area contributed by atoms with Crippen LogP contribution in [0.5, 0.6) is 0 Å². The summed E-state index contributed by atoms with van der Waals surface area (Å²) in [5, 5.41) is 10.2. The first kappa shape index (κ1) is 16.2. The van der Waals surface area contributed by atoms with E-state index in [1.165, 1.54) is 11.8 Å². The van der Waals surface area contributed by atoms with Crippen LogP contribution in [0.4, 0.5) is 0 Å². The molecule has 0 spiro atoms. The van der Waals surface area contributed by atoms with Crippen molar-refractivity contribution in [1.29, 1.82) is 0 Å². The molecular weight excluding hydrogens is 308 g/mol. The molecule has 1 unspecified atom stereocenters. The number of thioether (sulfide) groups is 1. The first-order valence-electron chi connectivity index (χ1n) is 5.38. The molecule has 0 aliphatic carbocycles. The van der Waals surface area contributed by atoms with Gasteiger partial charge in [0.2, 0.25) is 10.0 Å². The minimum Gasteiger partial charge on any atom is -0.236 e. The van der Waals surface area contributed by atoms with Crippen LogP contribution in [-0.2, 0) is 10.0 Å². The quantitative estimate of drug-likeness (QED) is 0.834. The van der Waals surface area contributed by atoms with Crippen molar-refractivity contribution >= 4 is 39.8 Å². The highest BCUT2D eigenvalue weighted by Gasteiger charge is 2.12. The van der Waals surface area contributed by atoms with E-state index < -0.39 is 10.0 Å². The van der Waals surface area contributed by atoms with Gasteiger partial charge in [0.05, 0.1) is 5.75 Å². The molecule has 0 saturated carbocycles. The maximum Gasteiger partial charge on any atom is 0.209 e. The Morgan fingerprint density at radius 1 is 1.47 bits per heavy atom. The average molecular weight is 323 g/mol. The van der Waals surface area contributed by atoms with Crippen LogP contribution in [0, 0.1) is 5.92 Å². The summed E-state index contributed by atoms with van der Waals surface area (Å²) in [5.74, 6) is 0.641. The summed E-state index contributed by atoms with van der Waals surface area (Å²) in [4.78, 5) is 4.10. The fourth-order valence-corrected chi connectivity index (χ4v) is 3.49. The molecular formula is C10H15ClN4O2S2. The van der Waals surface area contributed by atoms with Crippen LogP contribution in [0.1, 0.15) is 6.92 Å². The van der Waals surface area contributed by atoms with E-state index in [4.69, 9.17) is 5.14 Å². The highest BCUT2D eigenvalue weighted by Crippen LogP contribution is 2.19. The number of hydrogen-bond donors (Lipinski definition) is 1. The molecule has 1 atom stereocenters. The van der Waals surface area contributed by atoms with Crippen molar-refractivity contribution in [3.8, 4) is 0 Å². The summed E-state index contributed by atoms with van der Waals surface area (Å²) in [7, 11) is -3.40. The standard InChI is InChI=1S/C10H14N4O2S2.ClH/c1-8(7-18(11,15)16)6-17-10-3-2-9-12-4-5-14(9)13-10;/h2-5,8H,6-7H2,1H3,(H2,11,15,16);1H. The second kappa shape index (κ2) is 6.56. The molecule has 2 N–H and O–H groups in total. The second-order valence-corrected chi connectivity index (χ2v) is 6.85. The number of sulfonamides is 1. The Morgan fingerprint density at radius 3 is 2.89 bits per heavy atom. The fourth-order valence-electron chi connectivity index (χ4n) is 1.55. The van der Waals surface area contributed by atoms with Crippen molar-refractivity contribution in [2.24, 2.45) is 11.1 Å². The van der Waals surface area contributed by atoms with Gasteiger partial charge >= 0.3 is 0 Å². The van der Waals surface area contributed by atoms with Gasteiger partial charge in [0.15, 0.2) is 5.65 Å². The summed E-state index contributed by atoms with van der Waals surface area (Å²) in [5.41, 5.74) is 0.789. The van der Waals surface area contributed by atoms with Crippen molar-refractivity contribution in [2.75, 3.05) is 11.5 Å². The van der Waals surface area contributed by atoms with Gasteiger partial charge in [-0.3, -0.25) is 0 Å². The molecule has 0 saturated heterocycles. The van der Waals surface area contributed by atoms with Crippen LogP contribution < -0.4 is 5.14 Å². The van der Waals surface area contributed by atoms with E-state index in [0.29, 0.717) is 5.75 Å². The largest absolute Gasteiger partial charge is 0.236 e. The van der Waals surface area contributed by atoms with Gasteiger partial charge in [0.1, 0.15) is 5.03 Å². The van der Waals surface area contributed by atoms with Crippen molar-refractivity contribution < 1.29 is 8.42 Å². The van der Waals surface area contributed by atoms with Crippen LogP contribution in [0.3, 0.4) is 0 Å². The molecule has 19 heavy (non-hydrogen) atoms. The van der Waals surface area contributed by atoms with Crippen LogP contribution >= 0.6 is 24.2 Å². The van der Waals surface area contributed by atoms with E-state index in [-0.39, 0.29) is 24.1 Å². The Labute approximate surface area is 122 Å². The summed E-state index contributed by atoms with van der Waals surface area (Å²) in [6.07, 6.45) is 3.45. The van der Waals surface area contributed by atoms with Gasteiger partial charge in [0, 0.05) is 18.1 Å². The first-order chi connectivity index (χ1) is 8.44. The molecule has 0 bridgehead atoms. The lowest BCUT2D eigenvalue weighted by Gasteiger charge is -2.08. The van der Waals surface area contributed by atoms with Crippen molar-refractivity contribution in [2.45, 2.75) is 11.9 Å². The van der Waals surface area contributed by atoms with Crippen molar-refractivity contribution in [1.82, 2.24) is 14.6 Å². The number of rotatable bonds is 5. The molecule has 0 aliphatic heterocycles. The summed E-state index contributed by atoms with van der Waals surface area (Å²) in [6, 6.07) is 3.75. The molecule has 9 heteroatoms. The van der Waals surface area contributed by atoms with Crippen LogP contribution in [0.25, 0.3) is 5.65 Å².